The van der Waals surface area contributed by atoms with Crippen LogP contribution in [0.3, 0.4) is 0 Å². The van der Waals surface area contributed by atoms with Gasteiger partial charge >= 0.3 is 0 Å². The molecular formula is C16H20N2O3. The van der Waals surface area contributed by atoms with Crippen LogP contribution in [0.2, 0.25) is 0 Å². The molecule has 2 aromatic rings. The van der Waals surface area contributed by atoms with Crippen LogP contribution in [-0.2, 0) is 6.42 Å². The van der Waals surface area contributed by atoms with E-state index in [1.54, 1.807) is 7.11 Å². The van der Waals surface area contributed by atoms with E-state index < -0.39 is 0 Å². The Kier molecular flexibility index (Phi) is 4.20. The van der Waals surface area contributed by atoms with Crippen LogP contribution >= 0.6 is 0 Å². The Morgan fingerprint density at radius 2 is 2.10 bits per heavy atom. The minimum atomic E-state index is -0.363. The number of rotatable bonds is 4. The molecule has 21 heavy (non-hydrogen) atoms. The number of aromatic nitrogens is 2. The molecule has 5 heteroatoms. The summed E-state index contributed by atoms with van der Waals surface area (Å²) in [4.78, 5) is 4.46. The summed E-state index contributed by atoms with van der Waals surface area (Å²) in [6.45, 7) is 0. The van der Waals surface area contributed by atoms with Gasteiger partial charge in [-0.25, -0.2) is 0 Å². The Morgan fingerprint density at radius 1 is 1.29 bits per heavy atom. The topological polar surface area (TPSA) is 68.4 Å². The molecule has 5 nitrogen and oxygen atoms in total. The highest BCUT2D eigenvalue weighted by Gasteiger charge is 2.29. The van der Waals surface area contributed by atoms with Crippen molar-refractivity contribution in [3.63, 3.8) is 0 Å². The number of ether oxygens (including phenoxy) is 1. The minimum Gasteiger partial charge on any atom is -0.496 e. The number of aliphatic hydroxyl groups excluding tert-OH is 1. The summed E-state index contributed by atoms with van der Waals surface area (Å²) in [5.41, 5.74) is 1.02. The van der Waals surface area contributed by atoms with Crippen LogP contribution in [0.15, 0.2) is 28.8 Å². The molecular weight excluding hydrogens is 268 g/mol. The van der Waals surface area contributed by atoms with Gasteiger partial charge in [-0.15, -0.1) is 0 Å². The number of hydrogen-bond donors (Lipinski definition) is 1. The third-order valence-corrected chi connectivity index (χ3v) is 4.07. The van der Waals surface area contributed by atoms with Crippen molar-refractivity contribution < 1.29 is 14.4 Å². The van der Waals surface area contributed by atoms with Crippen LogP contribution in [0.25, 0.3) is 0 Å². The highest BCUT2D eigenvalue weighted by molar-refractivity contribution is 5.35. The summed E-state index contributed by atoms with van der Waals surface area (Å²) in [6, 6.07) is 7.80. The monoisotopic (exact) mass is 288 g/mol. The first-order valence-corrected chi connectivity index (χ1v) is 7.40. The lowest BCUT2D eigenvalue weighted by atomic mass is 9.86. The summed E-state index contributed by atoms with van der Waals surface area (Å²) in [5, 5.41) is 14.1. The number of hydrogen-bond acceptors (Lipinski definition) is 5. The van der Waals surface area contributed by atoms with Crippen molar-refractivity contribution in [1.82, 2.24) is 10.1 Å². The zero-order chi connectivity index (χ0) is 14.7. The second kappa shape index (κ2) is 6.26. The van der Waals surface area contributed by atoms with Crippen molar-refractivity contribution in [2.24, 2.45) is 0 Å². The van der Waals surface area contributed by atoms with Gasteiger partial charge in [0, 0.05) is 12.0 Å². The summed E-state index contributed by atoms with van der Waals surface area (Å²) >= 11 is 0. The largest absolute Gasteiger partial charge is 0.496 e. The van der Waals surface area contributed by atoms with Gasteiger partial charge in [-0.1, -0.05) is 36.2 Å². The van der Waals surface area contributed by atoms with Crippen molar-refractivity contribution in [1.29, 1.82) is 0 Å². The minimum absolute atomic E-state index is 0.0160. The summed E-state index contributed by atoms with van der Waals surface area (Å²) in [6.07, 6.45) is 4.10. The molecule has 1 N–H and O–H groups in total. The first kappa shape index (κ1) is 14.1. The average Bonchev–Trinajstić information content (AvgIpc) is 2.96. The molecule has 1 heterocycles. The number of aliphatic hydroxyl groups is 1. The average molecular weight is 288 g/mol. The molecule has 0 bridgehead atoms. The van der Waals surface area contributed by atoms with Gasteiger partial charge in [-0.3, -0.25) is 0 Å². The maximum Gasteiger partial charge on any atom is 0.232 e. The molecule has 0 aliphatic heterocycles. The van der Waals surface area contributed by atoms with Crippen LogP contribution < -0.4 is 4.74 Å². The van der Waals surface area contributed by atoms with E-state index in [1.165, 1.54) is 0 Å². The fraction of sp³-hybridized carbons (Fsp3) is 0.500. The summed E-state index contributed by atoms with van der Waals surface area (Å²) < 4.78 is 10.7. The lowest BCUT2D eigenvalue weighted by molar-refractivity contribution is 0.0908. The smallest absolute Gasteiger partial charge is 0.232 e. The van der Waals surface area contributed by atoms with E-state index in [0.717, 1.165) is 37.0 Å². The molecule has 1 aromatic heterocycles. The molecule has 3 rings (SSSR count). The second-order valence-electron chi connectivity index (χ2n) is 5.50. The molecule has 0 spiro atoms. The lowest BCUT2D eigenvalue weighted by Gasteiger charge is -2.24. The molecule has 2 atom stereocenters. The molecule has 1 aliphatic rings. The van der Waals surface area contributed by atoms with E-state index in [4.69, 9.17) is 9.26 Å². The molecule has 1 aliphatic carbocycles. The number of methoxy groups -OCH3 is 1. The van der Waals surface area contributed by atoms with Gasteiger partial charge in [0.15, 0.2) is 5.82 Å². The molecule has 0 saturated heterocycles. The zero-order valence-corrected chi connectivity index (χ0v) is 12.2. The highest BCUT2D eigenvalue weighted by atomic mass is 16.5. The van der Waals surface area contributed by atoms with Crippen LogP contribution in [0, 0.1) is 0 Å². The predicted molar refractivity (Wildman–Crippen MR) is 77.3 cm³/mol. The SMILES string of the molecule is COc1ccccc1Cc1noc(C2CCCCC2O)n1. The fourth-order valence-electron chi connectivity index (χ4n) is 2.91. The first-order valence-electron chi connectivity index (χ1n) is 7.40. The van der Waals surface area contributed by atoms with E-state index in [0.29, 0.717) is 18.1 Å². The number of para-hydroxylation sites is 1. The molecule has 1 fully saturated rings. The van der Waals surface area contributed by atoms with Gasteiger partial charge in [0.1, 0.15) is 5.75 Å². The maximum atomic E-state index is 10.1. The Labute approximate surface area is 123 Å². The molecule has 2 unspecified atom stereocenters. The van der Waals surface area contributed by atoms with E-state index in [9.17, 15) is 5.11 Å². The van der Waals surface area contributed by atoms with Crippen molar-refractivity contribution >= 4 is 0 Å². The molecule has 112 valence electrons. The van der Waals surface area contributed by atoms with E-state index >= 15 is 0 Å². The van der Waals surface area contributed by atoms with Crippen molar-refractivity contribution in [3.8, 4) is 5.75 Å². The molecule has 1 aromatic carbocycles. The molecule has 0 amide bonds. The molecule has 0 radical (unpaired) electrons. The quantitative estimate of drug-likeness (QED) is 0.936. The summed E-state index contributed by atoms with van der Waals surface area (Å²) in [7, 11) is 1.65. The maximum absolute atomic E-state index is 10.1. The first-order chi connectivity index (χ1) is 10.3. The second-order valence-corrected chi connectivity index (χ2v) is 5.50. The standard InChI is InChI=1S/C16H20N2O3/c1-20-14-9-5-2-6-11(14)10-15-17-16(21-18-15)12-7-3-4-8-13(12)19/h2,5-6,9,12-13,19H,3-4,7-8,10H2,1H3. The van der Waals surface area contributed by atoms with Crippen molar-refractivity contribution in [2.45, 2.75) is 44.1 Å². The Balaban J connectivity index is 1.76. The number of nitrogens with zero attached hydrogens (tertiary/aromatic N) is 2. The van der Waals surface area contributed by atoms with Crippen LogP contribution in [-0.4, -0.2) is 28.5 Å². The Hall–Kier alpha value is -1.88. The van der Waals surface area contributed by atoms with E-state index in [-0.39, 0.29) is 12.0 Å². The van der Waals surface area contributed by atoms with Gasteiger partial charge in [-0.05, 0) is 18.9 Å². The van der Waals surface area contributed by atoms with Crippen molar-refractivity contribution in [2.75, 3.05) is 7.11 Å². The predicted octanol–water partition coefficient (Wildman–Crippen LogP) is 2.69. The zero-order valence-electron chi connectivity index (χ0n) is 12.2. The number of benzene rings is 1. The Bertz CT molecular complexity index is 597. The van der Waals surface area contributed by atoms with Crippen LogP contribution in [0.5, 0.6) is 5.75 Å². The fourth-order valence-corrected chi connectivity index (χ4v) is 2.91. The van der Waals surface area contributed by atoms with E-state index in [2.05, 4.69) is 10.1 Å². The summed E-state index contributed by atoms with van der Waals surface area (Å²) in [5.74, 6) is 2.00. The van der Waals surface area contributed by atoms with E-state index in [1.807, 2.05) is 24.3 Å². The van der Waals surface area contributed by atoms with Gasteiger partial charge in [-0.2, -0.15) is 4.98 Å². The van der Waals surface area contributed by atoms with Gasteiger partial charge < -0.3 is 14.4 Å². The van der Waals surface area contributed by atoms with Crippen LogP contribution in [0.4, 0.5) is 0 Å². The van der Waals surface area contributed by atoms with Gasteiger partial charge in [0.25, 0.3) is 0 Å². The van der Waals surface area contributed by atoms with Gasteiger partial charge in [0.2, 0.25) is 5.89 Å². The van der Waals surface area contributed by atoms with Crippen molar-refractivity contribution in [3.05, 3.63) is 41.5 Å². The third-order valence-electron chi connectivity index (χ3n) is 4.07. The lowest BCUT2D eigenvalue weighted by Crippen LogP contribution is -2.22. The normalized spacial score (nSPS) is 22.2. The molecule has 1 saturated carbocycles. The van der Waals surface area contributed by atoms with Crippen LogP contribution in [0.1, 0.15) is 48.9 Å². The highest BCUT2D eigenvalue weighted by Crippen LogP contribution is 2.32. The third kappa shape index (κ3) is 3.08. The van der Waals surface area contributed by atoms with Gasteiger partial charge in [0.05, 0.1) is 19.1 Å². The Morgan fingerprint density at radius 3 is 2.90 bits per heavy atom.